The maximum Gasteiger partial charge on any atom is 0.322 e. The van der Waals surface area contributed by atoms with E-state index in [2.05, 4.69) is 22.2 Å². The molecule has 2 heterocycles. The Hall–Kier alpha value is -3.02. The Morgan fingerprint density at radius 2 is 2.12 bits per heavy atom. The van der Waals surface area contributed by atoms with E-state index in [-0.39, 0.29) is 12.1 Å². The Balaban J connectivity index is 1.63. The maximum atomic E-state index is 12.4. The van der Waals surface area contributed by atoms with E-state index in [1.54, 1.807) is 11.2 Å². The number of ether oxygens (including phenoxy) is 1. The predicted octanol–water partition coefficient (Wildman–Crippen LogP) is 3.62. The fraction of sp³-hybridized carbons (Fsp3) is 0.263. The molecule has 1 aliphatic rings. The van der Waals surface area contributed by atoms with Crippen LogP contribution in [0.4, 0.5) is 10.5 Å². The summed E-state index contributed by atoms with van der Waals surface area (Å²) in [4.78, 5) is 21.5. The number of nitrogens with one attached hydrogen (secondary N) is 2. The van der Waals surface area contributed by atoms with Gasteiger partial charge < -0.3 is 15.0 Å². The Bertz CT molecular complexity index is 888. The smallest absolute Gasteiger partial charge is 0.322 e. The second-order valence-corrected chi connectivity index (χ2v) is 6.09. The van der Waals surface area contributed by atoms with Gasteiger partial charge in [-0.1, -0.05) is 19.1 Å². The average Bonchev–Trinajstić information content (AvgIpc) is 3.26. The molecule has 128 valence electrons. The van der Waals surface area contributed by atoms with Crippen LogP contribution in [0.3, 0.4) is 0 Å². The molecule has 1 aromatic heterocycles. The summed E-state index contributed by atoms with van der Waals surface area (Å²) in [6, 6.07) is 13.6. The molecule has 0 spiro atoms. The van der Waals surface area contributed by atoms with Gasteiger partial charge in [0.1, 0.15) is 5.75 Å². The number of anilines is 1. The van der Waals surface area contributed by atoms with E-state index in [1.165, 1.54) is 0 Å². The molecule has 2 N–H and O–H groups in total. The highest BCUT2D eigenvalue weighted by Gasteiger charge is 2.33. The molecule has 1 atom stereocenters. The van der Waals surface area contributed by atoms with Crippen molar-refractivity contribution in [2.24, 2.45) is 0 Å². The second-order valence-electron chi connectivity index (χ2n) is 6.09. The first-order valence-corrected chi connectivity index (χ1v) is 8.49. The number of carbonyl (C=O) groups excluding carboxylic acids is 1. The molecule has 0 aliphatic carbocycles. The highest BCUT2D eigenvalue weighted by Crippen LogP contribution is 2.32. The second kappa shape index (κ2) is 6.47. The fourth-order valence-corrected chi connectivity index (χ4v) is 3.15. The van der Waals surface area contributed by atoms with E-state index in [9.17, 15) is 4.79 Å². The van der Waals surface area contributed by atoms with Crippen LogP contribution < -0.4 is 15.0 Å². The molecule has 2 aromatic carbocycles. The van der Waals surface area contributed by atoms with Crippen LogP contribution in [-0.4, -0.2) is 29.2 Å². The fourth-order valence-electron chi connectivity index (χ4n) is 3.15. The molecule has 1 saturated heterocycles. The number of nitrogens with zero attached hydrogens (tertiary/aromatic N) is 2. The van der Waals surface area contributed by atoms with Gasteiger partial charge in [0.05, 0.1) is 30.0 Å². The van der Waals surface area contributed by atoms with E-state index in [0.29, 0.717) is 13.2 Å². The molecule has 3 aromatic rings. The van der Waals surface area contributed by atoms with Crippen LogP contribution >= 0.6 is 0 Å². The highest BCUT2D eigenvalue weighted by molar-refractivity contribution is 5.97. The van der Waals surface area contributed by atoms with E-state index in [1.807, 2.05) is 42.5 Å². The summed E-state index contributed by atoms with van der Waals surface area (Å²) in [5, 5.41) is 2.94. The zero-order valence-corrected chi connectivity index (χ0v) is 14.0. The van der Waals surface area contributed by atoms with Gasteiger partial charge in [0.25, 0.3) is 0 Å². The summed E-state index contributed by atoms with van der Waals surface area (Å²) in [7, 11) is 0. The van der Waals surface area contributed by atoms with Gasteiger partial charge in [-0.2, -0.15) is 0 Å². The first kappa shape index (κ1) is 15.5. The lowest BCUT2D eigenvalue weighted by atomic mass is 10.1. The zero-order valence-electron chi connectivity index (χ0n) is 14.0. The number of hydrogen-bond donors (Lipinski definition) is 2. The molecule has 0 unspecified atom stereocenters. The first-order chi connectivity index (χ1) is 12.3. The van der Waals surface area contributed by atoms with E-state index < -0.39 is 0 Å². The lowest BCUT2D eigenvalue weighted by Crippen LogP contribution is -2.29. The molecule has 6 heteroatoms. The number of hydrogen-bond acceptors (Lipinski definition) is 3. The van der Waals surface area contributed by atoms with Crippen molar-refractivity contribution in [1.29, 1.82) is 0 Å². The van der Waals surface area contributed by atoms with Crippen molar-refractivity contribution < 1.29 is 9.53 Å². The zero-order chi connectivity index (χ0) is 17.2. The Kier molecular flexibility index (Phi) is 4.01. The first-order valence-electron chi connectivity index (χ1n) is 8.49. The number of amides is 2. The monoisotopic (exact) mass is 338 g/mol. The number of urea groups is 1. The summed E-state index contributed by atoms with van der Waals surface area (Å²) < 4.78 is 5.64. The standard InChI is InChI=1S/C19H20N4O2/c1-2-9-25-15-6-3-13(4-7-15)18-11-20-19(24)23(18)14-5-8-16-17(10-14)22-12-21-16/h3-8,10,12,18H,2,9,11H2,1H3,(H,20,24)(H,21,22)/t18-/m1/s1/i12+2. The quantitative estimate of drug-likeness (QED) is 0.746. The van der Waals surface area contributed by atoms with Crippen LogP contribution in [0, 0.1) is 0 Å². The molecule has 0 saturated carbocycles. The van der Waals surface area contributed by atoms with E-state index >= 15 is 0 Å². The highest BCUT2D eigenvalue weighted by atomic mass is 16.5. The Morgan fingerprint density at radius 3 is 2.92 bits per heavy atom. The Labute approximate surface area is 145 Å². The van der Waals surface area contributed by atoms with Gasteiger partial charge in [-0.05, 0) is 42.3 Å². The van der Waals surface area contributed by atoms with E-state index in [0.717, 1.165) is 34.5 Å². The van der Waals surface area contributed by atoms with Crippen LogP contribution in [0.2, 0.25) is 0 Å². The molecule has 1 fully saturated rings. The minimum absolute atomic E-state index is 0.0481. The molecule has 4 rings (SSSR count). The lowest BCUT2D eigenvalue weighted by molar-refractivity contribution is 0.251. The number of carbonyl (C=O) groups is 1. The van der Waals surface area contributed by atoms with Crippen molar-refractivity contribution in [3.63, 3.8) is 0 Å². The molecule has 1 aliphatic heterocycles. The predicted molar refractivity (Wildman–Crippen MR) is 96.9 cm³/mol. The lowest BCUT2D eigenvalue weighted by Gasteiger charge is -2.23. The van der Waals surface area contributed by atoms with Crippen molar-refractivity contribution in [2.75, 3.05) is 18.1 Å². The van der Waals surface area contributed by atoms with Gasteiger partial charge in [0.2, 0.25) is 0 Å². The van der Waals surface area contributed by atoms with Crippen LogP contribution in [0.5, 0.6) is 5.75 Å². The number of rotatable bonds is 5. The van der Waals surface area contributed by atoms with Gasteiger partial charge in [-0.3, -0.25) is 4.90 Å². The molecule has 0 radical (unpaired) electrons. The number of aromatic nitrogens is 2. The third-order valence-electron chi connectivity index (χ3n) is 4.40. The largest absolute Gasteiger partial charge is 0.494 e. The van der Waals surface area contributed by atoms with Crippen molar-refractivity contribution in [2.45, 2.75) is 19.4 Å². The van der Waals surface area contributed by atoms with Crippen LogP contribution in [0.1, 0.15) is 24.9 Å². The molecule has 0 bridgehead atoms. The minimum Gasteiger partial charge on any atom is -0.494 e. The van der Waals surface area contributed by atoms with Crippen molar-refractivity contribution in [1.82, 2.24) is 15.3 Å². The third-order valence-corrected chi connectivity index (χ3v) is 4.40. The van der Waals surface area contributed by atoms with Gasteiger partial charge in [0, 0.05) is 12.2 Å². The number of imidazole rings is 1. The number of benzene rings is 2. The Morgan fingerprint density at radius 1 is 1.28 bits per heavy atom. The maximum absolute atomic E-state index is 12.4. The molecule has 2 amide bonds. The SMILES string of the molecule is CCCOc1ccc([C@H]2CNC(=O)N2c2ccc3n[14cH][nH]c3c2)cc1. The van der Waals surface area contributed by atoms with Crippen LogP contribution in [-0.2, 0) is 0 Å². The van der Waals surface area contributed by atoms with E-state index in [4.69, 9.17) is 4.74 Å². The minimum atomic E-state index is -0.0878. The number of aromatic amines is 1. The van der Waals surface area contributed by atoms with Crippen LogP contribution in [0.15, 0.2) is 48.8 Å². The van der Waals surface area contributed by atoms with Gasteiger partial charge in [-0.25, -0.2) is 9.78 Å². The number of fused-ring (bicyclic) bond motifs is 1. The van der Waals surface area contributed by atoms with Crippen molar-refractivity contribution in [3.8, 4) is 5.75 Å². The van der Waals surface area contributed by atoms with Crippen LogP contribution in [0.25, 0.3) is 11.0 Å². The molecular formula is C19H20N4O2. The summed E-state index contributed by atoms with van der Waals surface area (Å²) >= 11 is 0. The number of H-pyrrole nitrogens is 1. The molecule has 6 nitrogen and oxygen atoms in total. The average molecular weight is 338 g/mol. The van der Waals surface area contributed by atoms with Gasteiger partial charge in [-0.15, -0.1) is 0 Å². The summed E-state index contributed by atoms with van der Waals surface area (Å²) in [5.41, 5.74) is 3.73. The normalized spacial score (nSPS) is 17.1. The summed E-state index contributed by atoms with van der Waals surface area (Å²) in [6.07, 6.45) is 2.64. The summed E-state index contributed by atoms with van der Waals surface area (Å²) in [6.45, 7) is 3.37. The molecular weight excluding hydrogens is 318 g/mol. The van der Waals surface area contributed by atoms with Crippen molar-refractivity contribution in [3.05, 3.63) is 54.4 Å². The van der Waals surface area contributed by atoms with Crippen molar-refractivity contribution >= 4 is 22.8 Å². The van der Waals surface area contributed by atoms with Gasteiger partial charge in [0.15, 0.2) is 0 Å². The summed E-state index contributed by atoms with van der Waals surface area (Å²) in [5.74, 6) is 0.855. The third kappa shape index (κ3) is 2.91. The molecule has 25 heavy (non-hydrogen) atoms. The van der Waals surface area contributed by atoms with Gasteiger partial charge >= 0.3 is 6.03 Å². The topological polar surface area (TPSA) is 70.2 Å².